The van der Waals surface area contributed by atoms with Gasteiger partial charge in [0.05, 0.1) is 4.90 Å². The zero-order valence-electron chi connectivity index (χ0n) is 14.1. The van der Waals surface area contributed by atoms with Crippen LogP contribution in [0, 0.1) is 0 Å². The van der Waals surface area contributed by atoms with Crippen molar-refractivity contribution in [3.63, 3.8) is 0 Å². The van der Waals surface area contributed by atoms with Crippen LogP contribution >= 0.6 is 15.9 Å². The monoisotopic (exact) mass is 404 g/mol. The van der Waals surface area contributed by atoms with Crippen LogP contribution in [0.15, 0.2) is 27.6 Å². The molecule has 0 saturated heterocycles. The highest BCUT2D eigenvalue weighted by atomic mass is 79.9. The Balaban J connectivity index is 2.91. The highest BCUT2D eigenvalue weighted by Crippen LogP contribution is 2.25. The Labute approximate surface area is 147 Å². The minimum absolute atomic E-state index is 0.0617. The molecule has 0 spiro atoms. The van der Waals surface area contributed by atoms with Gasteiger partial charge < -0.3 is 5.32 Å². The number of carbonyl (C=O) groups is 1. The predicted molar refractivity (Wildman–Crippen MR) is 96.1 cm³/mol. The van der Waals surface area contributed by atoms with Gasteiger partial charge in [0, 0.05) is 30.2 Å². The summed E-state index contributed by atoms with van der Waals surface area (Å²) in [4.78, 5) is 12.4. The lowest BCUT2D eigenvalue weighted by Gasteiger charge is -2.16. The molecule has 1 rings (SSSR count). The molecule has 0 radical (unpaired) electrons. The van der Waals surface area contributed by atoms with Gasteiger partial charge in [-0.2, -0.15) is 0 Å². The third-order valence-corrected chi connectivity index (χ3v) is 6.38. The second kappa shape index (κ2) is 8.80. The van der Waals surface area contributed by atoms with Crippen LogP contribution in [0.2, 0.25) is 0 Å². The highest BCUT2D eigenvalue weighted by Gasteiger charge is 2.22. The maximum absolute atomic E-state index is 12.3. The summed E-state index contributed by atoms with van der Waals surface area (Å²) in [5, 5.41) is 2.92. The van der Waals surface area contributed by atoms with Crippen molar-refractivity contribution in [3.8, 4) is 0 Å². The summed E-state index contributed by atoms with van der Waals surface area (Å²) < 4.78 is 26.1. The van der Waals surface area contributed by atoms with E-state index in [4.69, 9.17) is 0 Å². The van der Waals surface area contributed by atoms with Crippen molar-refractivity contribution in [2.24, 2.45) is 0 Å². The van der Waals surface area contributed by atoms with E-state index < -0.39 is 10.0 Å². The van der Waals surface area contributed by atoms with Gasteiger partial charge in [0.2, 0.25) is 10.0 Å². The molecule has 23 heavy (non-hydrogen) atoms. The largest absolute Gasteiger partial charge is 0.350 e. The molecule has 1 unspecified atom stereocenters. The van der Waals surface area contributed by atoms with Crippen molar-refractivity contribution in [1.29, 1.82) is 0 Å². The first kappa shape index (κ1) is 20.1. The minimum atomic E-state index is -3.60. The molecule has 0 aromatic heterocycles. The number of rotatable bonds is 8. The number of carbonyl (C=O) groups excluding carboxylic acids is 1. The molecular formula is C16H25BrN2O3S. The summed E-state index contributed by atoms with van der Waals surface area (Å²) in [7, 11) is -0.678. The number of benzene rings is 1. The lowest BCUT2D eigenvalue weighted by atomic mass is 10.1. The predicted octanol–water partition coefficient (Wildman–Crippen LogP) is 3.40. The van der Waals surface area contributed by atoms with Crippen LogP contribution in [-0.4, -0.2) is 38.8 Å². The molecule has 0 heterocycles. The van der Waals surface area contributed by atoms with Crippen molar-refractivity contribution < 1.29 is 13.2 Å². The molecule has 1 amide bonds. The summed E-state index contributed by atoms with van der Waals surface area (Å²) in [5.41, 5.74) is 0.343. The number of amides is 1. The number of nitrogens with zero attached hydrogens (tertiary/aromatic N) is 1. The van der Waals surface area contributed by atoms with Gasteiger partial charge in [-0.05, 0) is 47.5 Å². The van der Waals surface area contributed by atoms with Crippen LogP contribution in [0.5, 0.6) is 0 Å². The van der Waals surface area contributed by atoms with E-state index in [2.05, 4.69) is 28.2 Å². The van der Waals surface area contributed by atoms with E-state index in [0.29, 0.717) is 10.0 Å². The summed E-state index contributed by atoms with van der Waals surface area (Å²) in [6, 6.07) is 4.68. The summed E-state index contributed by atoms with van der Waals surface area (Å²) in [6.45, 7) is 4.10. The Morgan fingerprint density at radius 3 is 2.52 bits per heavy atom. The summed E-state index contributed by atoms with van der Waals surface area (Å²) in [6.07, 6.45) is 4.26. The first-order chi connectivity index (χ1) is 10.7. The van der Waals surface area contributed by atoms with Gasteiger partial charge in [0.1, 0.15) is 0 Å². The zero-order valence-corrected chi connectivity index (χ0v) is 16.5. The molecule has 0 fully saturated rings. The fraction of sp³-hybridized carbons (Fsp3) is 0.562. The van der Waals surface area contributed by atoms with Gasteiger partial charge in [0.15, 0.2) is 0 Å². The summed E-state index contributed by atoms with van der Waals surface area (Å²) in [5.74, 6) is -0.253. The molecule has 0 saturated carbocycles. The lowest BCUT2D eigenvalue weighted by Crippen LogP contribution is -2.32. The Morgan fingerprint density at radius 2 is 1.96 bits per heavy atom. The topological polar surface area (TPSA) is 66.5 Å². The van der Waals surface area contributed by atoms with Crippen molar-refractivity contribution in [2.45, 2.75) is 50.5 Å². The van der Waals surface area contributed by atoms with E-state index in [9.17, 15) is 13.2 Å². The lowest BCUT2D eigenvalue weighted by molar-refractivity contribution is 0.0937. The number of halogens is 1. The fourth-order valence-corrected chi connectivity index (χ4v) is 3.96. The van der Waals surface area contributed by atoms with Gasteiger partial charge >= 0.3 is 0 Å². The maximum atomic E-state index is 12.3. The SMILES string of the molecule is CCCCCC(C)NC(=O)c1ccc(Br)c(S(=O)(=O)N(C)C)c1. The average Bonchev–Trinajstić information content (AvgIpc) is 2.47. The highest BCUT2D eigenvalue weighted by molar-refractivity contribution is 9.10. The number of hydrogen-bond acceptors (Lipinski definition) is 3. The molecule has 0 bridgehead atoms. The Bertz CT molecular complexity index is 645. The Kier molecular flexibility index (Phi) is 7.70. The van der Waals surface area contributed by atoms with Crippen LogP contribution < -0.4 is 5.32 Å². The van der Waals surface area contributed by atoms with Crippen LogP contribution in [0.4, 0.5) is 0 Å². The molecule has 1 aromatic rings. The first-order valence-corrected chi connectivity index (χ1v) is 9.96. The average molecular weight is 405 g/mol. The molecule has 130 valence electrons. The normalized spacial score (nSPS) is 13.1. The van der Waals surface area contributed by atoms with Crippen LogP contribution in [-0.2, 0) is 10.0 Å². The van der Waals surface area contributed by atoms with E-state index in [-0.39, 0.29) is 16.8 Å². The third-order valence-electron chi connectivity index (χ3n) is 3.57. The van der Waals surface area contributed by atoms with Crippen LogP contribution in [0.25, 0.3) is 0 Å². The van der Waals surface area contributed by atoms with Crippen LogP contribution in [0.1, 0.15) is 49.9 Å². The molecule has 0 aliphatic rings. The maximum Gasteiger partial charge on any atom is 0.251 e. The molecule has 1 aromatic carbocycles. The van der Waals surface area contributed by atoms with Gasteiger partial charge in [-0.1, -0.05) is 26.2 Å². The van der Waals surface area contributed by atoms with Crippen molar-refractivity contribution >= 4 is 31.9 Å². The molecule has 1 atom stereocenters. The molecule has 1 N–H and O–H groups in total. The van der Waals surface area contributed by atoms with Crippen molar-refractivity contribution in [2.75, 3.05) is 14.1 Å². The van der Waals surface area contributed by atoms with E-state index in [1.165, 1.54) is 20.2 Å². The molecular weight excluding hydrogens is 380 g/mol. The molecule has 5 nitrogen and oxygen atoms in total. The number of sulfonamides is 1. The fourth-order valence-electron chi connectivity index (χ4n) is 2.12. The molecule has 0 aliphatic heterocycles. The molecule has 7 heteroatoms. The second-order valence-corrected chi connectivity index (χ2v) is 8.78. The first-order valence-electron chi connectivity index (χ1n) is 7.73. The quantitative estimate of drug-likeness (QED) is 0.675. The van der Waals surface area contributed by atoms with E-state index in [0.717, 1.165) is 30.0 Å². The minimum Gasteiger partial charge on any atom is -0.350 e. The number of unbranched alkanes of at least 4 members (excludes halogenated alkanes) is 2. The van der Waals surface area contributed by atoms with E-state index in [1.54, 1.807) is 12.1 Å². The van der Waals surface area contributed by atoms with Crippen molar-refractivity contribution in [3.05, 3.63) is 28.2 Å². The number of hydrogen-bond donors (Lipinski definition) is 1. The van der Waals surface area contributed by atoms with Gasteiger partial charge in [-0.15, -0.1) is 0 Å². The molecule has 0 aliphatic carbocycles. The Morgan fingerprint density at radius 1 is 1.30 bits per heavy atom. The van der Waals surface area contributed by atoms with Gasteiger partial charge in [0.25, 0.3) is 5.91 Å². The summed E-state index contributed by atoms with van der Waals surface area (Å²) >= 11 is 3.24. The number of nitrogens with one attached hydrogen (secondary N) is 1. The second-order valence-electron chi connectivity index (χ2n) is 5.80. The van der Waals surface area contributed by atoms with E-state index >= 15 is 0 Å². The Hall–Kier alpha value is -0.920. The van der Waals surface area contributed by atoms with Gasteiger partial charge in [-0.25, -0.2) is 12.7 Å². The zero-order chi connectivity index (χ0) is 17.6. The van der Waals surface area contributed by atoms with E-state index in [1.807, 2.05) is 6.92 Å². The standard InChI is InChI=1S/C16H25BrN2O3S/c1-5-6-7-8-12(2)18-16(20)13-9-10-14(17)15(11-13)23(21,22)19(3)4/h9-12H,5-8H2,1-4H3,(H,18,20). The third kappa shape index (κ3) is 5.58. The van der Waals surface area contributed by atoms with Gasteiger partial charge in [-0.3, -0.25) is 4.79 Å². The smallest absolute Gasteiger partial charge is 0.251 e. The van der Waals surface area contributed by atoms with Crippen molar-refractivity contribution in [1.82, 2.24) is 9.62 Å². The van der Waals surface area contributed by atoms with Crippen LogP contribution in [0.3, 0.4) is 0 Å².